The predicted octanol–water partition coefficient (Wildman–Crippen LogP) is 4.84. The minimum absolute atomic E-state index is 0.171. The molecule has 1 fully saturated rings. The van der Waals surface area contributed by atoms with Crippen molar-refractivity contribution in [3.63, 3.8) is 0 Å². The number of oxime groups is 1. The van der Waals surface area contributed by atoms with Gasteiger partial charge in [-0.1, -0.05) is 5.16 Å². The maximum atomic E-state index is 11.4. The van der Waals surface area contributed by atoms with E-state index in [0.29, 0.717) is 19.0 Å². The molecule has 1 saturated heterocycles. The summed E-state index contributed by atoms with van der Waals surface area (Å²) >= 11 is 0. The molecule has 1 atom stereocenters. The van der Waals surface area contributed by atoms with Gasteiger partial charge in [-0.2, -0.15) is 5.26 Å². The Balaban J connectivity index is 0. The number of esters is 1. The Kier molecular flexibility index (Phi) is 10.0. The van der Waals surface area contributed by atoms with E-state index in [1.165, 1.54) is 0 Å². The van der Waals surface area contributed by atoms with Gasteiger partial charge in [-0.25, -0.2) is 9.37 Å². The molecule has 0 radical (unpaired) electrons. The first-order chi connectivity index (χ1) is 14.5. The molecule has 1 aliphatic rings. The van der Waals surface area contributed by atoms with E-state index in [4.69, 9.17) is 19.6 Å². The molecule has 0 spiro atoms. The average Bonchev–Trinajstić information content (AvgIpc) is 2.53. The molecule has 0 aromatic rings. The number of quaternary nitrogens is 1. The monoisotopic (exact) mass is 574 g/mol. The SMILES string of the molecule is CCOC(=O)/C(C#N)=N/OC(C1C[NH2+]CCO1)=[N+](C)C.F[P-](F)(F)(F)(F)F.F[P-](F)(F)(F)(F)F. The molecular formula is C12H20F12N4O4P2. The summed E-state index contributed by atoms with van der Waals surface area (Å²) < 4.78 is 130. The minimum atomic E-state index is -10.7. The molecule has 1 unspecified atom stereocenters. The van der Waals surface area contributed by atoms with Gasteiger partial charge in [0.05, 0.1) is 19.8 Å². The number of hydrogen-bond acceptors (Lipinski definition) is 6. The summed E-state index contributed by atoms with van der Waals surface area (Å²) in [5, 5.41) is 14.5. The fourth-order valence-corrected chi connectivity index (χ4v) is 1.63. The summed E-state index contributed by atoms with van der Waals surface area (Å²) in [6, 6.07) is 1.65. The summed E-state index contributed by atoms with van der Waals surface area (Å²) in [7, 11) is -17.8. The molecule has 22 heteroatoms. The maximum absolute atomic E-state index is 11.4. The summed E-state index contributed by atoms with van der Waals surface area (Å²) in [5.74, 6) is -0.359. The Morgan fingerprint density at radius 3 is 1.79 bits per heavy atom. The van der Waals surface area contributed by atoms with Crippen molar-refractivity contribution in [1.29, 1.82) is 5.26 Å². The number of carbonyl (C=O) groups excluding carboxylic acids is 1. The fraction of sp³-hybridized carbons (Fsp3) is 0.667. The van der Waals surface area contributed by atoms with Crippen LogP contribution in [0.25, 0.3) is 0 Å². The second kappa shape index (κ2) is 9.96. The number of nitriles is 1. The molecule has 34 heavy (non-hydrogen) atoms. The molecular weight excluding hydrogens is 554 g/mol. The van der Waals surface area contributed by atoms with Crippen LogP contribution in [0.1, 0.15) is 6.92 Å². The first kappa shape index (κ1) is 34.2. The van der Waals surface area contributed by atoms with E-state index < -0.39 is 27.3 Å². The number of morpholine rings is 1. The summed E-state index contributed by atoms with van der Waals surface area (Å²) in [4.78, 5) is 16.6. The third-order valence-corrected chi connectivity index (χ3v) is 2.54. The van der Waals surface area contributed by atoms with Crippen molar-refractivity contribution < 1.29 is 79.4 Å². The number of nitrogens with two attached hydrogens (primary N) is 1. The fourth-order valence-electron chi connectivity index (χ4n) is 1.63. The second-order valence-corrected chi connectivity index (χ2v) is 10.0. The van der Waals surface area contributed by atoms with Gasteiger partial charge in [-0.05, 0) is 6.92 Å². The molecule has 1 aliphatic heterocycles. The van der Waals surface area contributed by atoms with Crippen LogP contribution in [-0.2, 0) is 19.1 Å². The molecule has 0 aromatic carbocycles. The van der Waals surface area contributed by atoms with E-state index in [1.54, 1.807) is 31.7 Å². The Hall–Kier alpha value is -1.96. The van der Waals surface area contributed by atoms with Gasteiger partial charge >= 0.3 is 77.8 Å². The van der Waals surface area contributed by atoms with E-state index in [2.05, 4.69) is 10.5 Å². The Morgan fingerprint density at radius 1 is 1.06 bits per heavy atom. The van der Waals surface area contributed by atoms with Crippen molar-refractivity contribution in [2.24, 2.45) is 5.16 Å². The van der Waals surface area contributed by atoms with Crippen molar-refractivity contribution >= 4 is 33.2 Å². The molecule has 1 rings (SSSR count). The van der Waals surface area contributed by atoms with E-state index in [1.807, 2.05) is 0 Å². The van der Waals surface area contributed by atoms with Crippen molar-refractivity contribution in [2.45, 2.75) is 13.0 Å². The number of ether oxygens (including phenoxy) is 2. The third kappa shape index (κ3) is 32.2. The van der Waals surface area contributed by atoms with Crippen molar-refractivity contribution in [3.8, 4) is 6.07 Å². The van der Waals surface area contributed by atoms with Crippen molar-refractivity contribution in [2.75, 3.05) is 40.4 Å². The van der Waals surface area contributed by atoms with Gasteiger partial charge in [0.2, 0.25) is 6.10 Å². The molecule has 206 valence electrons. The molecule has 0 aliphatic carbocycles. The zero-order valence-electron chi connectivity index (χ0n) is 17.4. The molecule has 1 heterocycles. The van der Waals surface area contributed by atoms with Crippen LogP contribution in [0.4, 0.5) is 50.4 Å². The molecule has 0 saturated carbocycles. The van der Waals surface area contributed by atoms with Gasteiger partial charge in [0, 0.05) is 0 Å². The van der Waals surface area contributed by atoms with Crippen LogP contribution in [0.5, 0.6) is 0 Å². The Morgan fingerprint density at radius 2 is 1.50 bits per heavy atom. The van der Waals surface area contributed by atoms with Crippen LogP contribution in [0.15, 0.2) is 5.16 Å². The Labute approximate surface area is 183 Å². The third-order valence-electron chi connectivity index (χ3n) is 2.54. The second-order valence-electron chi connectivity index (χ2n) is 6.19. The zero-order valence-corrected chi connectivity index (χ0v) is 19.2. The summed E-state index contributed by atoms with van der Waals surface area (Å²) in [6.07, 6.45) is -0.260. The van der Waals surface area contributed by atoms with Gasteiger partial charge < -0.3 is 14.8 Å². The molecule has 0 aromatic heterocycles. The van der Waals surface area contributed by atoms with Gasteiger partial charge in [0.1, 0.15) is 26.7 Å². The van der Waals surface area contributed by atoms with Crippen LogP contribution < -0.4 is 5.32 Å². The van der Waals surface area contributed by atoms with Crippen LogP contribution >= 0.6 is 15.6 Å². The Bertz CT molecular complexity index is 773. The molecule has 2 N–H and O–H groups in total. The van der Waals surface area contributed by atoms with Gasteiger partial charge in [-0.3, -0.25) is 4.84 Å². The van der Waals surface area contributed by atoms with Crippen LogP contribution in [0.2, 0.25) is 0 Å². The van der Waals surface area contributed by atoms with Crippen molar-refractivity contribution in [3.05, 3.63) is 0 Å². The first-order valence-electron chi connectivity index (χ1n) is 8.42. The number of rotatable bonds is 4. The van der Waals surface area contributed by atoms with Crippen LogP contribution in [-0.4, -0.2) is 68.7 Å². The number of nitrogens with zero attached hydrogens (tertiary/aromatic N) is 3. The summed E-state index contributed by atoms with van der Waals surface area (Å²) in [5.41, 5.74) is -0.425. The summed E-state index contributed by atoms with van der Waals surface area (Å²) in [6.45, 7) is 4.02. The van der Waals surface area contributed by atoms with E-state index in [0.717, 1.165) is 6.54 Å². The van der Waals surface area contributed by atoms with Crippen LogP contribution in [0.3, 0.4) is 0 Å². The van der Waals surface area contributed by atoms with Crippen LogP contribution in [0, 0.1) is 11.3 Å². The molecule has 0 amide bonds. The standard InChI is InChI=1S/C12H19N4O4.2F6P/c1-4-18-12(17)9(7-13)15-20-11(16(2)3)10-8-14-5-6-19-10;2*1-7(2,3,4,5)6/h10,14H,4-6,8H2,1-3H3;;/q+1;2*-1/p+1/b15-9+;;. The van der Waals surface area contributed by atoms with Gasteiger partial charge in [0.15, 0.2) is 0 Å². The number of carbonyl (C=O) groups is 1. The topological polar surface area (TPSA) is 101 Å². The zero-order chi connectivity index (χ0) is 27.8. The normalized spacial score (nSPS) is 20.6. The predicted molar refractivity (Wildman–Crippen MR) is 96.4 cm³/mol. The van der Waals surface area contributed by atoms with Gasteiger partial charge in [0.25, 0.3) is 5.71 Å². The van der Waals surface area contributed by atoms with E-state index in [9.17, 15) is 55.2 Å². The number of halogens is 12. The first-order valence-corrected chi connectivity index (χ1v) is 12.5. The van der Waals surface area contributed by atoms with E-state index in [-0.39, 0.29) is 12.7 Å². The molecule has 8 nitrogen and oxygen atoms in total. The molecule has 0 bridgehead atoms. The number of hydrogen-bond donors (Lipinski definition) is 1. The van der Waals surface area contributed by atoms with Crippen molar-refractivity contribution in [1.82, 2.24) is 0 Å². The van der Waals surface area contributed by atoms with E-state index >= 15 is 0 Å². The average molecular weight is 574 g/mol. The van der Waals surface area contributed by atoms with Gasteiger partial charge in [-0.15, -0.1) is 0 Å². The quantitative estimate of drug-likeness (QED) is 0.0986.